The Morgan fingerprint density at radius 1 is 1.19 bits per heavy atom. The lowest BCUT2D eigenvalue weighted by Gasteiger charge is -2.13. The molecule has 7 nitrogen and oxygen atoms in total. The molecule has 2 aromatic heterocycles. The van der Waals surface area contributed by atoms with Crippen molar-refractivity contribution in [3.8, 4) is 17.1 Å². The topological polar surface area (TPSA) is 81.9 Å². The van der Waals surface area contributed by atoms with Gasteiger partial charge in [0.2, 0.25) is 5.91 Å². The van der Waals surface area contributed by atoms with Crippen LogP contribution < -0.4 is 10.1 Å². The van der Waals surface area contributed by atoms with Gasteiger partial charge >= 0.3 is 0 Å². The number of benzene rings is 1. The highest BCUT2D eigenvalue weighted by Gasteiger charge is 2.18. The van der Waals surface area contributed by atoms with E-state index in [4.69, 9.17) is 16.3 Å². The molecule has 0 bridgehead atoms. The van der Waals surface area contributed by atoms with E-state index < -0.39 is 0 Å². The number of amides is 1. The fourth-order valence-electron chi connectivity index (χ4n) is 3.53. The van der Waals surface area contributed by atoms with Gasteiger partial charge in [-0.05, 0) is 69.0 Å². The lowest BCUT2D eigenvalue weighted by molar-refractivity contribution is -0.113. The van der Waals surface area contributed by atoms with E-state index in [1.165, 1.54) is 30.8 Å². The first-order valence-corrected chi connectivity index (χ1v) is 11.7. The first-order valence-electron chi connectivity index (χ1n) is 10.4. The maximum absolute atomic E-state index is 12.3. The van der Waals surface area contributed by atoms with Gasteiger partial charge in [0.1, 0.15) is 11.6 Å². The summed E-state index contributed by atoms with van der Waals surface area (Å²) in [5, 5.41) is 12.6. The number of anilines is 1. The molecule has 3 aromatic rings. The number of nitrogens with one attached hydrogen (secondary N) is 1. The number of carbonyl (C=O) groups is 1. The van der Waals surface area contributed by atoms with E-state index in [2.05, 4.69) is 20.5 Å². The van der Waals surface area contributed by atoms with E-state index in [1.807, 2.05) is 35.8 Å². The Labute approximate surface area is 190 Å². The van der Waals surface area contributed by atoms with E-state index in [-0.39, 0.29) is 11.7 Å². The van der Waals surface area contributed by atoms with Gasteiger partial charge in [-0.25, -0.2) is 4.98 Å². The van der Waals surface area contributed by atoms with Crippen LogP contribution in [-0.4, -0.2) is 37.5 Å². The molecule has 0 unspecified atom stereocenters. The van der Waals surface area contributed by atoms with Gasteiger partial charge in [0.05, 0.1) is 16.9 Å². The minimum atomic E-state index is -0.166. The molecule has 1 aromatic carbocycles. The molecule has 1 amide bonds. The summed E-state index contributed by atoms with van der Waals surface area (Å²) in [4.78, 5) is 16.3. The van der Waals surface area contributed by atoms with Gasteiger partial charge in [0.25, 0.3) is 0 Å². The van der Waals surface area contributed by atoms with Crippen LogP contribution in [0.25, 0.3) is 11.4 Å². The number of pyridine rings is 1. The van der Waals surface area contributed by atoms with Crippen LogP contribution in [0.2, 0.25) is 5.02 Å². The maximum Gasteiger partial charge on any atom is 0.236 e. The van der Waals surface area contributed by atoms with Crippen molar-refractivity contribution in [3.63, 3.8) is 0 Å². The van der Waals surface area contributed by atoms with Crippen LogP contribution in [0.3, 0.4) is 0 Å². The average Bonchev–Trinajstić information content (AvgIpc) is 3.44. The number of carbonyl (C=O) groups excluding carboxylic acids is 1. The Morgan fingerprint density at radius 3 is 2.65 bits per heavy atom. The monoisotopic (exact) mass is 457 g/mol. The molecular formula is C22H24ClN5O2S. The molecule has 0 atom stereocenters. The van der Waals surface area contributed by atoms with Gasteiger partial charge in [-0.15, -0.1) is 10.2 Å². The van der Waals surface area contributed by atoms with Crippen molar-refractivity contribution in [1.82, 2.24) is 19.7 Å². The van der Waals surface area contributed by atoms with Crippen LogP contribution in [0.5, 0.6) is 5.75 Å². The van der Waals surface area contributed by atoms with Crippen LogP contribution in [0, 0.1) is 0 Å². The Morgan fingerprint density at radius 2 is 1.97 bits per heavy atom. The summed E-state index contributed by atoms with van der Waals surface area (Å²) in [7, 11) is 0. The third kappa shape index (κ3) is 5.57. The van der Waals surface area contributed by atoms with Crippen molar-refractivity contribution in [3.05, 3.63) is 47.6 Å². The van der Waals surface area contributed by atoms with Gasteiger partial charge in [-0.1, -0.05) is 23.4 Å². The molecule has 162 valence electrons. The van der Waals surface area contributed by atoms with Crippen molar-refractivity contribution in [2.45, 2.75) is 50.4 Å². The minimum Gasteiger partial charge on any atom is -0.490 e. The third-order valence-corrected chi connectivity index (χ3v) is 6.27. The number of ether oxygens (including phenoxy) is 1. The van der Waals surface area contributed by atoms with E-state index in [1.54, 1.807) is 12.1 Å². The largest absolute Gasteiger partial charge is 0.490 e. The average molecular weight is 458 g/mol. The van der Waals surface area contributed by atoms with Crippen molar-refractivity contribution in [1.29, 1.82) is 0 Å². The van der Waals surface area contributed by atoms with Crippen molar-refractivity contribution >= 4 is 35.1 Å². The molecule has 0 aliphatic heterocycles. The molecule has 1 fully saturated rings. The highest BCUT2D eigenvalue weighted by atomic mass is 35.5. The third-order valence-electron chi connectivity index (χ3n) is 5.08. The van der Waals surface area contributed by atoms with Crippen molar-refractivity contribution in [2.24, 2.45) is 0 Å². The predicted molar refractivity (Wildman–Crippen MR) is 123 cm³/mol. The van der Waals surface area contributed by atoms with Crippen LogP contribution in [-0.2, 0) is 11.3 Å². The molecule has 9 heteroatoms. The fourth-order valence-corrected chi connectivity index (χ4v) is 4.45. The number of halogens is 1. The van der Waals surface area contributed by atoms with Crippen LogP contribution in [0.1, 0.15) is 32.6 Å². The predicted octanol–water partition coefficient (Wildman–Crippen LogP) is 5.07. The zero-order valence-electron chi connectivity index (χ0n) is 17.3. The Hall–Kier alpha value is -2.58. The van der Waals surface area contributed by atoms with Gasteiger partial charge in [-0.3, -0.25) is 4.79 Å². The molecule has 1 aliphatic carbocycles. The Bertz CT molecular complexity index is 1020. The molecule has 1 saturated carbocycles. The van der Waals surface area contributed by atoms with Crippen molar-refractivity contribution in [2.75, 3.05) is 11.1 Å². The summed E-state index contributed by atoms with van der Waals surface area (Å²) in [5.41, 5.74) is 0.967. The molecular weight excluding hydrogens is 434 g/mol. The second kappa shape index (κ2) is 10.2. The molecule has 31 heavy (non-hydrogen) atoms. The van der Waals surface area contributed by atoms with E-state index in [0.29, 0.717) is 28.6 Å². The number of aromatic nitrogens is 4. The quantitative estimate of drug-likeness (QED) is 0.476. The molecule has 4 rings (SSSR count). The number of nitrogens with zero attached hydrogens (tertiary/aromatic N) is 4. The first-order chi connectivity index (χ1) is 15.1. The second-order valence-electron chi connectivity index (χ2n) is 7.30. The summed E-state index contributed by atoms with van der Waals surface area (Å²) in [6.07, 6.45) is 6.59. The van der Waals surface area contributed by atoms with E-state index in [9.17, 15) is 4.79 Å². The number of thioether (sulfide) groups is 1. The van der Waals surface area contributed by atoms with Gasteiger partial charge in [0.15, 0.2) is 11.0 Å². The molecule has 0 spiro atoms. The number of rotatable bonds is 8. The molecule has 1 aliphatic rings. The van der Waals surface area contributed by atoms with E-state index >= 15 is 0 Å². The molecule has 2 heterocycles. The second-order valence-corrected chi connectivity index (χ2v) is 8.68. The summed E-state index contributed by atoms with van der Waals surface area (Å²) in [5.74, 6) is 2.17. The van der Waals surface area contributed by atoms with Gasteiger partial charge < -0.3 is 14.6 Å². The van der Waals surface area contributed by atoms with E-state index in [0.717, 1.165) is 30.0 Å². The van der Waals surface area contributed by atoms with Gasteiger partial charge in [-0.2, -0.15) is 0 Å². The Balaban J connectivity index is 1.38. The maximum atomic E-state index is 12.3. The summed E-state index contributed by atoms with van der Waals surface area (Å²) >= 11 is 7.16. The zero-order valence-corrected chi connectivity index (χ0v) is 18.8. The van der Waals surface area contributed by atoms with Crippen molar-refractivity contribution < 1.29 is 9.53 Å². The summed E-state index contributed by atoms with van der Waals surface area (Å²) < 4.78 is 8.05. The smallest absolute Gasteiger partial charge is 0.236 e. The normalized spacial score (nSPS) is 14.0. The zero-order chi connectivity index (χ0) is 21.6. The fraction of sp³-hybridized carbons (Fsp3) is 0.364. The molecule has 1 N–H and O–H groups in total. The van der Waals surface area contributed by atoms with Crippen LogP contribution in [0.15, 0.2) is 47.8 Å². The summed E-state index contributed by atoms with van der Waals surface area (Å²) in [6.45, 7) is 2.73. The lowest BCUT2D eigenvalue weighted by atomic mass is 10.2. The lowest BCUT2D eigenvalue weighted by Crippen LogP contribution is -2.15. The standard InChI is InChI=1S/C22H24ClN5O2S/c1-2-28-21(15-7-10-18(11-8-15)30-17-5-3-4-6-17)26-27-22(28)31-14-20(29)25-19-12-9-16(23)13-24-19/h7-13,17H,2-6,14H2,1H3,(H,24,25,29). The molecule has 0 radical (unpaired) electrons. The van der Waals surface area contributed by atoms with Crippen LogP contribution >= 0.6 is 23.4 Å². The number of hydrogen-bond donors (Lipinski definition) is 1. The van der Waals surface area contributed by atoms with Gasteiger partial charge in [0, 0.05) is 18.3 Å². The first kappa shape index (κ1) is 21.6. The summed E-state index contributed by atoms with van der Waals surface area (Å²) in [6, 6.07) is 11.3. The van der Waals surface area contributed by atoms with Crippen LogP contribution in [0.4, 0.5) is 5.82 Å². The highest BCUT2D eigenvalue weighted by molar-refractivity contribution is 7.99. The minimum absolute atomic E-state index is 0.166. The Kier molecular flexibility index (Phi) is 7.09. The molecule has 0 saturated heterocycles. The highest BCUT2D eigenvalue weighted by Crippen LogP contribution is 2.28. The number of hydrogen-bond acceptors (Lipinski definition) is 6. The SMILES string of the molecule is CCn1c(SCC(=O)Nc2ccc(Cl)cn2)nnc1-c1ccc(OC2CCCC2)cc1.